The van der Waals surface area contributed by atoms with Gasteiger partial charge in [-0.15, -0.1) is 0 Å². The van der Waals surface area contributed by atoms with E-state index in [2.05, 4.69) is 19.2 Å². The Morgan fingerprint density at radius 3 is 2.31 bits per heavy atom. The van der Waals surface area contributed by atoms with Gasteiger partial charge in [0, 0.05) is 19.0 Å². The van der Waals surface area contributed by atoms with E-state index in [0.29, 0.717) is 23.7 Å². The first-order chi connectivity index (χ1) is 6.29. The predicted molar refractivity (Wildman–Crippen MR) is 51.3 cm³/mol. The van der Waals surface area contributed by atoms with E-state index >= 15 is 0 Å². The summed E-state index contributed by atoms with van der Waals surface area (Å²) in [5.74, 6) is 2.07. The van der Waals surface area contributed by atoms with Gasteiger partial charge in [-0.25, -0.2) is 0 Å². The number of amides is 1. The molecular formula is C10H18N2O. The largest absolute Gasteiger partial charge is 0.343 e. The Hall–Kier alpha value is -0.570. The van der Waals surface area contributed by atoms with Gasteiger partial charge in [-0.05, 0) is 38.8 Å². The van der Waals surface area contributed by atoms with Crippen LogP contribution in [-0.4, -0.2) is 37.0 Å². The third-order valence-electron chi connectivity index (χ3n) is 3.45. The van der Waals surface area contributed by atoms with Crippen molar-refractivity contribution in [1.29, 1.82) is 0 Å². The van der Waals surface area contributed by atoms with Crippen molar-refractivity contribution in [3.8, 4) is 0 Å². The van der Waals surface area contributed by atoms with Crippen molar-refractivity contribution in [1.82, 2.24) is 10.2 Å². The SMILES string of the molecule is CCN(CC)C(=O)C1C2CNCC21. The Bertz CT molecular complexity index is 203. The van der Waals surface area contributed by atoms with Crippen molar-refractivity contribution in [2.45, 2.75) is 13.8 Å². The van der Waals surface area contributed by atoms with Crippen LogP contribution in [0.1, 0.15) is 13.8 Å². The molecule has 0 aromatic rings. The second-order valence-corrected chi connectivity index (χ2v) is 4.02. The van der Waals surface area contributed by atoms with E-state index in [1.165, 1.54) is 0 Å². The summed E-state index contributed by atoms with van der Waals surface area (Å²) in [6.07, 6.45) is 0. The number of hydrogen-bond donors (Lipinski definition) is 1. The summed E-state index contributed by atoms with van der Waals surface area (Å²) in [7, 11) is 0. The molecule has 3 heteroatoms. The first-order valence-electron chi connectivity index (χ1n) is 5.29. The van der Waals surface area contributed by atoms with E-state index in [4.69, 9.17) is 0 Å². The summed E-state index contributed by atoms with van der Waals surface area (Å²) < 4.78 is 0. The van der Waals surface area contributed by atoms with Gasteiger partial charge in [0.05, 0.1) is 0 Å². The lowest BCUT2D eigenvalue weighted by molar-refractivity contribution is -0.132. The molecule has 13 heavy (non-hydrogen) atoms. The van der Waals surface area contributed by atoms with Crippen LogP contribution in [0.15, 0.2) is 0 Å². The lowest BCUT2D eigenvalue weighted by Gasteiger charge is -2.19. The summed E-state index contributed by atoms with van der Waals surface area (Å²) in [5, 5.41) is 3.31. The van der Waals surface area contributed by atoms with E-state index in [1.807, 2.05) is 4.90 Å². The van der Waals surface area contributed by atoms with Crippen LogP contribution in [0.2, 0.25) is 0 Å². The Balaban J connectivity index is 1.91. The monoisotopic (exact) mass is 182 g/mol. The molecule has 2 rings (SSSR count). The van der Waals surface area contributed by atoms with Gasteiger partial charge in [-0.2, -0.15) is 0 Å². The Kier molecular flexibility index (Phi) is 2.28. The van der Waals surface area contributed by atoms with Crippen molar-refractivity contribution >= 4 is 5.91 Å². The topological polar surface area (TPSA) is 32.3 Å². The van der Waals surface area contributed by atoms with Gasteiger partial charge < -0.3 is 10.2 Å². The summed E-state index contributed by atoms with van der Waals surface area (Å²) in [6.45, 7) is 7.94. The second kappa shape index (κ2) is 3.29. The number of fused-ring (bicyclic) bond motifs is 1. The van der Waals surface area contributed by atoms with Crippen LogP contribution < -0.4 is 5.32 Å². The number of carbonyl (C=O) groups excluding carboxylic acids is 1. The molecule has 0 bridgehead atoms. The van der Waals surface area contributed by atoms with Gasteiger partial charge in [0.2, 0.25) is 5.91 Å². The first kappa shape index (κ1) is 9.00. The van der Waals surface area contributed by atoms with Gasteiger partial charge >= 0.3 is 0 Å². The van der Waals surface area contributed by atoms with Gasteiger partial charge in [0.15, 0.2) is 0 Å². The normalized spacial score (nSPS) is 35.7. The minimum absolute atomic E-state index is 0.362. The van der Waals surface area contributed by atoms with Crippen LogP contribution in [0, 0.1) is 17.8 Å². The lowest BCUT2D eigenvalue weighted by atomic mass is 10.2. The highest BCUT2D eigenvalue weighted by molar-refractivity contribution is 5.82. The second-order valence-electron chi connectivity index (χ2n) is 4.02. The van der Waals surface area contributed by atoms with E-state index in [0.717, 1.165) is 26.2 Å². The minimum Gasteiger partial charge on any atom is -0.343 e. The number of nitrogens with zero attached hydrogens (tertiary/aromatic N) is 1. The van der Waals surface area contributed by atoms with Gasteiger partial charge in [0.25, 0.3) is 0 Å². The van der Waals surface area contributed by atoms with Crippen LogP contribution in [0.4, 0.5) is 0 Å². The summed E-state index contributed by atoms with van der Waals surface area (Å²) in [5.41, 5.74) is 0. The van der Waals surface area contributed by atoms with Crippen LogP contribution in [0.5, 0.6) is 0 Å². The van der Waals surface area contributed by atoms with Gasteiger partial charge in [-0.3, -0.25) is 4.79 Å². The van der Waals surface area contributed by atoms with Gasteiger partial charge in [0.1, 0.15) is 0 Å². The van der Waals surface area contributed by atoms with Crippen LogP contribution >= 0.6 is 0 Å². The number of hydrogen-bond acceptors (Lipinski definition) is 2. The van der Waals surface area contributed by atoms with E-state index in [-0.39, 0.29) is 0 Å². The summed E-state index contributed by atoms with van der Waals surface area (Å²) >= 11 is 0. The molecule has 1 saturated carbocycles. The van der Waals surface area contributed by atoms with Gasteiger partial charge in [-0.1, -0.05) is 0 Å². The Morgan fingerprint density at radius 2 is 1.85 bits per heavy atom. The average molecular weight is 182 g/mol. The quantitative estimate of drug-likeness (QED) is 0.682. The molecular weight excluding hydrogens is 164 g/mol. The maximum Gasteiger partial charge on any atom is 0.226 e. The minimum atomic E-state index is 0.362. The third-order valence-corrected chi connectivity index (χ3v) is 3.45. The Labute approximate surface area is 79.5 Å². The highest BCUT2D eigenvalue weighted by atomic mass is 16.2. The average Bonchev–Trinajstić information content (AvgIpc) is 2.62. The molecule has 0 spiro atoms. The fourth-order valence-corrected chi connectivity index (χ4v) is 2.53. The van der Waals surface area contributed by atoms with Crippen molar-refractivity contribution in [2.24, 2.45) is 17.8 Å². The van der Waals surface area contributed by atoms with E-state index in [9.17, 15) is 4.79 Å². The first-order valence-corrected chi connectivity index (χ1v) is 5.29. The van der Waals surface area contributed by atoms with Crippen molar-refractivity contribution < 1.29 is 4.79 Å². The van der Waals surface area contributed by atoms with Crippen molar-refractivity contribution in [2.75, 3.05) is 26.2 Å². The molecule has 0 aromatic carbocycles. The molecule has 2 fully saturated rings. The van der Waals surface area contributed by atoms with Crippen LogP contribution in [0.25, 0.3) is 0 Å². The maximum atomic E-state index is 11.9. The third kappa shape index (κ3) is 1.35. The standard InChI is InChI=1S/C10H18N2O/c1-3-12(4-2)10(13)9-7-5-11-6-8(7)9/h7-9,11H,3-6H2,1-2H3. The predicted octanol–water partition coefficient (Wildman–Crippen LogP) is 0.320. The highest BCUT2D eigenvalue weighted by Gasteiger charge is 2.57. The summed E-state index contributed by atoms with van der Waals surface area (Å²) in [4.78, 5) is 13.8. The molecule has 0 radical (unpaired) electrons. The molecule has 2 unspecified atom stereocenters. The molecule has 74 valence electrons. The zero-order valence-corrected chi connectivity index (χ0v) is 8.42. The number of carbonyl (C=O) groups is 1. The number of piperidine rings is 1. The van der Waals surface area contributed by atoms with E-state index < -0.39 is 0 Å². The number of rotatable bonds is 3. The highest BCUT2D eigenvalue weighted by Crippen LogP contribution is 2.49. The number of nitrogens with one attached hydrogen (secondary N) is 1. The molecule has 2 aliphatic rings. The molecule has 1 amide bonds. The lowest BCUT2D eigenvalue weighted by Crippen LogP contribution is -2.34. The Morgan fingerprint density at radius 1 is 1.31 bits per heavy atom. The molecule has 1 heterocycles. The zero-order chi connectivity index (χ0) is 9.42. The fraction of sp³-hybridized carbons (Fsp3) is 0.900. The fourth-order valence-electron chi connectivity index (χ4n) is 2.53. The summed E-state index contributed by atoms with van der Waals surface area (Å²) in [6, 6.07) is 0. The van der Waals surface area contributed by atoms with E-state index in [1.54, 1.807) is 0 Å². The molecule has 0 aromatic heterocycles. The zero-order valence-electron chi connectivity index (χ0n) is 8.42. The molecule has 2 atom stereocenters. The molecule has 1 N–H and O–H groups in total. The smallest absolute Gasteiger partial charge is 0.226 e. The van der Waals surface area contributed by atoms with Crippen LogP contribution in [-0.2, 0) is 4.79 Å². The molecule has 1 aliphatic heterocycles. The van der Waals surface area contributed by atoms with Crippen molar-refractivity contribution in [3.05, 3.63) is 0 Å². The van der Waals surface area contributed by atoms with Crippen molar-refractivity contribution in [3.63, 3.8) is 0 Å². The molecule has 1 aliphatic carbocycles. The van der Waals surface area contributed by atoms with Crippen LogP contribution in [0.3, 0.4) is 0 Å². The molecule has 3 nitrogen and oxygen atoms in total. The maximum absolute atomic E-state index is 11.9. The molecule has 1 saturated heterocycles.